The number of piperidine rings is 1. The number of nitrogens with zero attached hydrogens (tertiary/aromatic N) is 2. The molecule has 84 valence electrons. The zero-order valence-electron chi connectivity index (χ0n) is 9.12. The highest BCUT2D eigenvalue weighted by molar-refractivity contribution is 4.87. The van der Waals surface area contributed by atoms with Gasteiger partial charge in [0.2, 0.25) is 0 Å². The third-order valence-corrected chi connectivity index (χ3v) is 2.61. The van der Waals surface area contributed by atoms with Crippen LogP contribution >= 0.6 is 0 Å². The maximum absolute atomic E-state index is 5.76. The van der Waals surface area contributed by atoms with Crippen LogP contribution in [0.2, 0.25) is 0 Å². The lowest BCUT2D eigenvalue weighted by Crippen LogP contribution is -2.32. The van der Waals surface area contributed by atoms with Crippen LogP contribution in [0.15, 0.2) is 0 Å². The van der Waals surface area contributed by atoms with E-state index in [0.717, 1.165) is 50.6 Å². The first-order valence-corrected chi connectivity index (χ1v) is 5.55. The van der Waals surface area contributed by atoms with Crippen LogP contribution in [0, 0.1) is 6.92 Å². The van der Waals surface area contributed by atoms with Gasteiger partial charge in [-0.1, -0.05) is 0 Å². The van der Waals surface area contributed by atoms with E-state index in [1.807, 2.05) is 6.92 Å². The number of nitrogens with one attached hydrogen (secondary N) is 2. The Hall–Kier alpha value is -0.940. The largest absolute Gasteiger partial charge is 0.378 e. The fourth-order valence-corrected chi connectivity index (χ4v) is 1.78. The van der Waals surface area contributed by atoms with Gasteiger partial charge in [0.15, 0.2) is 5.82 Å². The third kappa shape index (κ3) is 3.28. The summed E-state index contributed by atoms with van der Waals surface area (Å²) in [5.74, 6) is 1.72. The van der Waals surface area contributed by atoms with Crippen LogP contribution < -0.4 is 5.32 Å². The molecule has 0 atom stereocenters. The minimum Gasteiger partial charge on any atom is -0.378 e. The summed E-state index contributed by atoms with van der Waals surface area (Å²) in [7, 11) is 0. The Morgan fingerprint density at radius 1 is 1.40 bits per heavy atom. The van der Waals surface area contributed by atoms with Gasteiger partial charge in [-0.15, -0.1) is 0 Å². The molecule has 5 heteroatoms. The molecule has 0 aromatic carbocycles. The van der Waals surface area contributed by atoms with Crippen molar-refractivity contribution in [3.05, 3.63) is 11.6 Å². The van der Waals surface area contributed by atoms with E-state index < -0.39 is 0 Å². The quantitative estimate of drug-likeness (QED) is 0.756. The molecule has 1 aromatic heterocycles. The SMILES string of the molecule is Cc1nc(CCOC2CCNCC2)n[nH]1. The van der Waals surface area contributed by atoms with E-state index in [2.05, 4.69) is 20.5 Å². The van der Waals surface area contributed by atoms with E-state index in [0.29, 0.717) is 6.10 Å². The summed E-state index contributed by atoms with van der Waals surface area (Å²) >= 11 is 0. The standard InChI is InChI=1S/C10H18N4O/c1-8-12-10(14-13-8)4-7-15-9-2-5-11-6-3-9/h9,11H,2-7H2,1H3,(H,12,13,14). The second-order valence-electron chi connectivity index (χ2n) is 3.91. The molecule has 0 unspecified atom stereocenters. The predicted octanol–water partition coefficient (Wildman–Crippen LogP) is 0.424. The molecule has 2 heterocycles. The summed E-state index contributed by atoms with van der Waals surface area (Å²) < 4.78 is 5.76. The highest BCUT2D eigenvalue weighted by Crippen LogP contribution is 2.07. The van der Waals surface area contributed by atoms with E-state index >= 15 is 0 Å². The summed E-state index contributed by atoms with van der Waals surface area (Å²) in [5, 5.41) is 10.2. The normalized spacial score (nSPS) is 18.2. The smallest absolute Gasteiger partial charge is 0.152 e. The zero-order chi connectivity index (χ0) is 10.5. The molecule has 0 bridgehead atoms. The Morgan fingerprint density at radius 3 is 2.87 bits per heavy atom. The summed E-state index contributed by atoms with van der Waals surface area (Å²) in [5.41, 5.74) is 0. The second-order valence-corrected chi connectivity index (χ2v) is 3.91. The number of aromatic nitrogens is 3. The number of H-pyrrole nitrogens is 1. The Labute approximate surface area is 89.6 Å². The van der Waals surface area contributed by atoms with Gasteiger partial charge in [-0.05, 0) is 32.9 Å². The van der Waals surface area contributed by atoms with Crippen molar-refractivity contribution in [3.63, 3.8) is 0 Å². The molecular weight excluding hydrogens is 192 g/mol. The lowest BCUT2D eigenvalue weighted by Gasteiger charge is -2.22. The molecule has 1 aliphatic heterocycles. The molecule has 0 amide bonds. The number of aryl methyl sites for hydroxylation is 1. The van der Waals surface area contributed by atoms with E-state index in [-0.39, 0.29) is 0 Å². The van der Waals surface area contributed by atoms with Crippen LogP contribution in [0.25, 0.3) is 0 Å². The van der Waals surface area contributed by atoms with Crippen molar-refractivity contribution in [3.8, 4) is 0 Å². The van der Waals surface area contributed by atoms with Gasteiger partial charge >= 0.3 is 0 Å². The summed E-state index contributed by atoms with van der Waals surface area (Å²) in [6.45, 7) is 4.78. The lowest BCUT2D eigenvalue weighted by atomic mass is 10.1. The molecule has 1 aromatic rings. The maximum Gasteiger partial charge on any atom is 0.152 e. The van der Waals surface area contributed by atoms with Crippen LogP contribution in [-0.2, 0) is 11.2 Å². The van der Waals surface area contributed by atoms with Crippen LogP contribution in [0.3, 0.4) is 0 Å². The van der Waals surface area contributed by atoms with Crippen molar-refractivity contribution in [2.45, 2.75) is 32.3 Å². The molecule has 2 rings (SSSR count). The molecular formula is C10H18N4O. The van der Waals surface area contributed by atoms with Crippen LogP contribution in [0.5, 0.6) is 0 Å². The Morgan fingerprint density at radius 2 is 2.20 bits per heavy atom. The first-order valence-electron chi connectivity index (χ1n) is 5.55. The number of rotatable bonds is 4. The van der Waals surface area contributed by atoms with E-state index in [1.165, 1.54) is 0 Å². The molecule has 5 nitrogen and oxygen atoms in total. The third-order valence-electron chi connectivity index (χ3n) is 2.61. The number of ether oxygens (including phenoxy) is 1. The van der Waals surface area contributed by atoms with Gasteiger partial charge in [-0.3, -0.25) is 5.10 Å². The van der Waals surface area contributed by atoms with Gasteiger partial charge in [-0.2, -0.15) is 5.10 Å². The van der Waals surface area contributed by atoms with Gasteiger partial charge in [0.05, 0.1) is 12.7 Å². The molecule has 1 saturated heterocycles. The monoisotopic (exact) mass is 210 g/mol. The second kappa shape index (κ2) is 5.23. The maximum atomic E-state index is 5.76. The molecule has 0 radical (unpaired) electrons. The zero-order valence-corrected chi connectivity index (χ0v) is 9.12. The Bertz CT molecular complexity index is 293. The van der Waals surface area contributed by atoms with E-state index in [1.54, 1.807) is 0 Å². The van der Waals surface area contributed by atoms with Crippen molar-refractivity contribution >= 4 is 0 Å². The van der Waals surface area contributed by atoms with Crippen molar-refractivity contribution in [2.24, 2.45) is 0 Å². The molecule has 15 heavy (non-hydrogen) atoms. The molecule has 0 spiro atoms. The van der Waals surface area contributed by atoms with Crippen molar-refractivity contribution in [2.75, 3.05) is 19.7 Å². The average Bonchev–Trinajstić information content (AvgIpc) is 2.66. The van der Waals surface area contributed by atoms with Gasteiger partial charge in [0, 0.05) is 6.42 Å². The van der Waals surface area contributed by atoms with Gasteiger partial charge in [-0.25, -0.2) is 4.98 Å². The van der Waals surface area contributed by atoms with Crippen molar-refractivity contribution in [1.82, 2.24) is 20.5 Å². The first kappa shape index (κ1) is 10.6. The highest BCUT2D eigenvalue weighted by atomic mass is 16.5. The van der Waals surface area contributed by atoms with Crippen LogP contribution in [0.4, 0.5) is 0 Å². The molecule has 0 saturated carbocycles. The lowest BCUT2D eigenvalue weighted by molar-refractivity contribution is 0.0342. The fraction of sp³-hybridized carbons (Fsp3) is 0.800. The fourth-order valence-electron chi connectivity index (χ4n) is 1.78. The van der Waals surface area contributed by atoms with E-state index in [4.69, 9.17) is 4.74 Å². The molecule has 0 aliphatic carbocycles. The number of hydrogen-bond acceptors (Lipinski definition) is 4. The summed E-state index contributed by atoms with van der Waals surface area (Å²) in [6, 6.07) is 0. The first-order chi connectivity index (χ1) is 7.34. The van der Waals surface area contributed by atoms with Crippen LogP contribution in [-0.4, -0.2) is 41.0 Å². The van der Waals surface area contributed by atoms with Gasteiger partial charge < -0.3 is 10.1 Å². The minimum atomic E-state index is 0.422. The molecule has 2 N–H and O–H groups in total. The summed E-state index contributed by atoms with van der Waals surface area (Å²) in [4.78, 5) is 4.23. The number of hydrogen-bond donors (Lipinski definition) is 2. The topological polar surface area (TPSA) is 62.8 Å². The Kier molecular flexibility index (Phi) is 3.69. The predicted molar refractivity (Wildman–Crippen MR) is 56.7 cm³/mol. The number of aromatic amines is 1. The van der Waals surface area contributed by atoms with Crippen molar-refractivity contribution < 1.29 is 4.74 Å². The highest BCUT2D eigenvalue weighted by Gasteiger charge is 2.13. The van der Waals surface area contributed by atoms with Crippen LogP contribution in [0.1, 0.15) is 24.5 Å². The average molecular weight is 210 g/mol. The molecule has 1 fully saturated rings. The van der Waals surface area contributed by atoms with Crippen molar-refractivity contribution in [1.29, 1.82) is 0 Å². The van der Waals surface area contributed by atoms with Gasteiger partial charge in [0.25, 0.3) is 0 Å². The summed E-state index contributed by atoms with van der Waals surface area (Å²) in [6.07, 6.45) is 3.46. The van der Waals surface area contributed by atoms with Gasteiger partial charge in [0.1, 0.15) is 5.82 Å². The minimum absolute atomic E-state index is 0.422. The molecule has 1 aliphatic rings. The van der Waals surface area contributed by atoms with E-state index in [9.17, 15) is 0 Å². The Balaban J connectivity index is 1.65.